The first kappa shape index (κ1) is 34.1. The summed E-state index contributed by atoms with van der Waals surface area (Å²) in [6, 6.07) is 2.52. The summed E-state index contributed by atoms with van der Waals surface area (Å²) in [5, 5.41) is 9.45. The fourth-order valence-corrected chi connectivity index (χ4v) is 4.64. The second-order valence-electron chi connectivity index (χ2n) is 10.4. The first-order chi connectivity index (χ1) is 15.8. The van der Waals surface area contributed by atoms with Crippen molar-refractivity contribution >= 4 is 0 Å². The normalized spacial score (nSPS) is 22.7. The van der Waals surface area contributed by atoms with Crippen molar-refractivity contribution in [1.29, 1.82) is 5.26 Å². The van der Waals surface area contributed by atoms with E-state index in [2.05, 4.69) is 53.5 Å². The van der Waals surface area contributed by atoms with E-state index in [1.54, 1.807) is 0 Å². The van der Waals surface area contributed by atoms with Crippen LogP contribution in [0.25, 0.3) is 0 Å². The van der Waals surface area contributed by atoms with Gasteiger partial charge in [0.15, 0.2) is 0 Å². The Morgan fingerprint density at radius 3 is 1.91 bits per heavy atom. The number of nitriles is 1. The number of ether oxygens (including phenoxy) is 1. The van der Waals surface area contributed by atoms with Gasteiger partial charge in [0.25, 0.3) is 0 Å². The molecule has 1 aliphatic carbocycles. The molecule has 2 heteroatoms. The van der Waals surface area contributed by atoms with Crippen LogP contribution in [0, 0.1) is 35.0 Å². The number of unbranched alkanes of at least 4 members (excludes halogenated alkanes) is 8. The number of nitrogens with zero attached hydrogens (tertiary/aromatic N) is 1. The van der Waals surface area contributed by atoms with Gasteiger partial charge in [0.1, 0.15) is 0 Å². The summed E-state index contributed by atoms with van der Waals surface area (Å²) in [6.07, 6.45) is 18.4. The molecule has 194 valence electrons. The third-order valence-corrected chi connectivity index (χ3v) is 6.97. The lowest BCUT2D eigenvalue weighted by Crippen LogP contribution is -2.35. The Bertz CT molecular complexity index is 476. The monoisotopic (exact) mass is 461 g/mol. The zero-order valence-corrected chi connectivity index (χ0v) is 23.5. The predicted molar refractivity (Wildman–Crippen MR) is 148 cm³/mol. The molecule has 0 aliphatic heterocycles. The van der Waals surface area contributed by atoms with Gasteiger partial charge in [0, 0.05) is 12.5 Å². The molecule has 0 heterocycles. The minimum absolute atomic E-state index is 0.188. The first-order valence-corrected chi connectivity index (χ1v) is 14.0. The lowest BCUT2D eigenvalue weighted by atomic mass is 9.73. The molecule has 1 aliphatic rings. The molecule has 0 aromatic carbocycles. The van der Waals surface area contributed by atoms with E-state index in [-0.39, 0.29) is 5.92 Å². The van der Waals surface area contributed by atoms with Crippen LogP contribution in [0.4, 0.5) is 0 Å². The van der Waals surface area contributed by atoms with Crippen molar-refractivity contribution in [3.05, 3.63) is 25.3 Å². The molecule has 0 spiro atoms. The van der Waals surface area contributed by atoms with Gasteiger partial charge in [-0.1, -0.05) is 97.5 Å². The summed E-state index contributed by atoms with van der Waals surface area (Å²) in [7, 11) is 0. The summed E-state index contributed by atoms with van der Waals surface area (Å²) in [5.41, 5.74) is 1.17. The van der Waals surface area contributed by atoms with E-state index in [4.69, 9.17) is 4.74 Å². The fourth-order valence-electron chi connectivity index (χ4n) is 4.64. The molecule has 0 N–H and O–H groups in total. The summed E-state index contributed by atoms with van der Waals surface area (Å²) in [6.45, 7) is 23.6. The molecule has 0 aromatic rings. The van der Waals surface area contributed by atoms with Crippen molar-refractivity contribution in [2.24, 2.45) is 23.7 Å². The molecule has 0 bridgehead atoms. The van der Waals surface area contributed by atoms with Crippen LogP contribution in [-0.2, 0) is 4.74 Å². The van der Waals surface area contributed by atoms with Crippen molar-refractivity contribution < 1.29 is 4.74 Å². The highest BCUT2D eigenvalue weighted by Crippen LogP contribution is 2.37. The van der Waals surface area contributed by atoms with Gasteiger partial charge in [-0.05, 0) is 57.3 Å². The van der Waals surface area contributed by atoms with Gasteiger partial charge < -0.3 is 4.74 Å². The van der Waals surface area contributed by atoms with E-state index < -0.39 is 0 Å². The maximum absolute atomic E-state index is 9.45. The molecule has 33 heavy (non-hydrogen) atoms. The van der Waals surface area contributed by atoms with E-state index in [1.807, 2.05) is 13.8 Å². The number of rotatable bonds is 15. The van der Waals surface area contributed by atoms with Crippen LogP contribution in [0.5, 0.6) is 0 Å². The van der Waals surface area contributed by atoms with Crippen molar-refractivity contribution in [3.8, 4) is 6.07 Å². The second kappa shape index (κ2) is 24.1. The topological polar surface area (TPSA) is 33.0 Å². The van der Waals surface area contributed by atoms with E-state index >= 15 is 0 Å². The lowest BCUT2D eigenvalue weighted by molar-refractivity contribution is -0.0438. The van der Waals surface area contributed by atoms with E-state index in [9.17, 15) is 5.26 Å². The maximum atomic E-state index is 9.45. The van der Waals surface area contributed by atoms with E-state index in [0.29, 0.717) is 12.0 Å². The average Bonchev–Trinajstić information content (AvgIpc) is 2.80. The Morgan fingerprint density at radius 1 is 0.909 bits per heavy atom. The van der Waals surface area contributed by atoms with Crippen molar-refractivity contribution in [1.82, 2.24) is 0 Å². The molecule has 0 saturated heterocycles. The van der Waals surface area contributed by atoms with Crippen LogP contribution in [0.2, 0.25) is 0 Å². The summed E-state index contributed by atoms with van der Waals surface area (Å²) < 4.78 is 6.27. The zero-order valence-electron chi connectivity index (χ0n) is 23.5. The standard InChI is InChI=1S/C25H47NO.C4H8.C2H4/c1-5-7-8-9-10-11-12-13-14-15-24(20-26)16-17-27-25-19-23(6-2)18-21(3)22(25)4;1-4(2)3;1-2/h21-25H,5-19H2,1-4H3;1H2,2-3H3;1-2H2/t21-,22-,23?,24?,25?;;/m0../s1. The molecule has 5 atom stereocenters. The highest BCUT2D eigenvalue weighted by atomic mass is 16.5. The Hall–Kier alpha value is -1.07. The van der Waals surface area contributed by atoms with E-state index in [0.717, 1.165) is 31.3 Å². The fraction of sp³-hybridized carbons (Fsp3) is 0.839. The second-order valence-corrected chi connectivity index (χ2v) is 10.4. The molecule has 1 fully saturated rings. The van der Waals surface area contributed by atoms with Crippen molar-refractivity contribution in [3.63, 3.8) is 0 Å². The molecule has 0 radical (unpaired) electrons. The van der Waals surface area contributed by atoms with Crippen molar-refractivity contribution in [2.45, 2.75) is 138 Å². The van der Waals surface area contributed by atoms with Gasteiger partial charge >= 0.3 is 0 Å². The number of allylic oxidation sites excluding steroid dienone is 1. The Kier molecular flexibility index (Phi) is 24.9. The molecule has 1 rings (SSSR count). The number of hydrogen-bond acceptors (Lipinski definition) is 2. The Balaban J connectivity index is 0. The molecular formula is C31H59NO. The minimum atomic E-state index is 0.188. The summed E-state index contributed by atoms with van der Waals surface area (Å²) >= 11 is 0. The molecule has 1 saturated carbocycles. The Morgan fingerprint density at radius 2 is 1.42 bits per heavy atom. The summed E-state index contributed by atoms with van der Waals surface area (Å²) in [4.78, 5) is 0. The average molecular weight is 462 g/mol. The third-order valence-electron chi connectivity index (χ3n) is 6.97. The smallest absolute Gasteiger partial charge is 0.0656 e. The van der Waals surface area contributed by atoms with Crippen LogP contribution in [0.1, 0.15) is 131 Å². The Labute approximate surface area is 209 Å². The van der Waals surface area contributed by atoms with Crippen LogP contribution in [0.3, 0.4) is 0 Å². The van der Waals surface area contributed by atoms with Crippen LogP contribution in [0.15, 0.2) is 25.3 Å². The molecule has 2 nitrogen and oxygen atoms in total. The van der Waals surface area contributed by atoms with Gasteiger partial charge in [-0.3, -0.25) is 0 Å². The van der Waals surface area contributed by atoms with Gasteiger partial charge in [-0.2, -0.15) is 5.26 Å². The molecule has 0 amide bonds. The van der Waals surface area contributed by atoms with Crippen molar-refractivity contribution in [2.75, 3.05) is 6.61 Å². The maximum Gasteiger partial charge on any atom is 0.0656 e. The third kappa shape index (κ3) is 20.1. The van der Waals surface area contributed by atoms with Crippen LogP contribution in [-0.4, -0.2) is 12.7 Å². The van der Waals surface area contributed by atoms with Gasteiger partial charge in [-0.25, -0.2) is 0 Å². The van der Waals surface area contributed by atoms with Crippen LogP contribution < -0.4 is 0 Å². The van der Waals surface area contributed by atoms with Gasteiger partial charge in [0.05, 0.1) is 12.2 Å². The van der Waals surface area contributed by atoms with Gasteiger partial charge in [-0.15, -0.1) is 19.7 Å². The highest BCUT2D eigenvalue weighted by Gasteiger charge is 2.32. The van der Waals surface area contributed by atoms with Gasteiger partial charge in [0.2, 0.25) is 0 Å². The molecule has 3 unspecified atom stereocenters. The SMILES string of the molecule is C=C.C=C(C)C.CCCCCCCCCCCC(C#N)CCOC1CC(CC)C[C@H](C)[C@@H]1C. The van der Waals surface area contributed by atoms with Crippen LogP contribution >= 0.6 is 0 Å². The molecular weight excluding hydrogens is 402 g/mol. The summed E-state index contributed by atoms with van der Waals surface area (Å²) in [5.74, 6) is 2.44. The molecule has 0 aromatic heterocycles. The minimum Gasteiger partial charge on any atom is -0.378 e. The van der Waals surface area contributed by atoms with E-state index in [1.165, 1.54) is 82.6 Å². The predicted octanol–water partition coefficient (Wildman–Crippen LogP) is 10.3. The lowest BCUT2D eigenvalue weighted by Gasteiger charge is -2.38. The highest BCUT2D eigenvalue weighted by molar-refractivity contribution is 4.84. The first-order valence-electron chi connectivity index (χ1n) is 14.0. The number of hydrogen-bond donors (Lipinski definition) is 0. The zero-order chi connectivity index (χ0) is 25.5. The quantitative estimate of drug-likeness (QED) is 0.179. The largest absolute Gasteiger partial charge is 0.378 e.